The molecule has 0 radical (unpaired) electrons. The van der Waals surface area contributed by atoms with Gasteiger partial charge in [0.15, 0.2) is 5.82 Å². The van der Waals surface area contributed by atoms with Gasteiger partial charge < -0.3 is 4.74 Å². The van der Waals surface area contributed by atoms with E-state index in [-0.39, 0.29) is 0 Å². The highest BCUT2D eigenvalue weighted by Gasteiger charge is 2.07. The molecule has 0 saturated carbocycles. The van der Waals surface area contributed by atoms with E-state index in [0.29, 0.717) is 18.3 Å². The minimum Gasteiger partial charge on any atom is -0.473 e. The zero-order chi connectivity index (χ0) is 16.1. The fourth-order valence-corrected chi connectivity index (χ4v) is 2.40. The molecule has 0 aliphatic heterocycles. The van der Waals surface area contributed by atoms with Gasteiger partial charge in [0.25, 0.3) is 0 Å². The summed E-state index contributed by atoms with van der Waals surface area (Å²) < 4.78 is 5.90. The lowest BCUT2D eigenvalue weighted by molar-refractivity contribution is 0.293. The first-order valence-electron chi connectivity index (χ1n) is 7.86. The SMILES string of the molecule is CCc1cc(OCc2cccc(C)c2)nc(-c2ccccc2)n1. The Balaban J connectivity index is 1.84. The third-order valence-corrected chi connectivity index (χ3v) is 3.62. The first-order chi connectivity index (χ1) is 11.2. The van der Waals surface area contributed by atoms with Gasteiger partial charge in [0, 0.05) is 17.3 Å². The summed E-state index contributed by atoms with van der Waals surface area (Å²) in [4.78, 5) is 9.16. The van der Waals surface area contributed by atoms with Gasteiger partial charge in [-0.2, -0.15) is 4.98 Å². The second-order valence-electron chi connectivity index (χ2n) is 5.52. The van der Waals surface area contributed by atoms with Crippen LogP contribution in [0.15, 0.2) is 60.7 Å². The maximum Gasteiger partial charge on any atom is 0.217 e. The molecule has 0 aliphatic rings. The Hall–Kier alpha value is -2.68. The Morgan fingerprint density at radius 2 is 1.74 bits per heavy atom. The molecule has 3 rings (SSSR count). The molecule has 1 aromatic heterocycles. The average Bonchev–Trinajstić information content (AvgIpc) is 2.60. The van der Waals surface area contributed by atoms with Crippen molar-refractivity contribution in [3.63, 3.8) is 0 Å². The molecule has 0 bridgehead atoms. The Morgan fingerprint density at radius 1 is 0.913 bits per heavy atom. The summed E-state index contributed by atoms with van der Waals surface area (Å²) in [6.45, 7) is 4.68. The van der Waals surface area contributed by atoms with Crippen molar-refractivity contribution in [1.29, 1.82) is 0 Å². The summed E-state index contributed by atoms with van der Waals surface area (Å²) in [5.41, 5.74) is 4.36. The van der Waals surface area contributed by atoms with E-state index < -0.39 is 0 Å². The van der Waals surface area contributed by atoms with Gasteiger partial charge in [0.05, 0.1) is 0 Å². The second-order valence-corrected chi connectivity index (χ2v) is 5.52. The van der Waals surface area contributed by atoms with Crippen LogP contribution in [-0.2, 0) is 13.0 Å². The summed E-state index contributed by atoms with van der Waals surface area (Å²) >= 11 is 0. The van der Waals surface area contributed by atoms with Gasteiger partial charge in [-0.25, -0.2) is 4.98 Å². The van der Waals surface area contributed by atoms with E-state index in [1.807, 2.05) is 42.5 Å². The van der Waals surface area contributed by atoms with Crippen molar-refractivity contribution in [2.75, 3.05) is 0 Å². The number of rotatable bonds is 5. The zero-order valence-corrected chi connectivity index (χ0v) is 13.5. The number of benzene rings is 2. The second kappa shape index (κ2) is 7.05. The number of aromatic nitrogens is 2. The highest BCUT2D eigenvalue weighted by atomic mass is 16.5. The van der Waals surface area contributed by atoms with Gasteiger partial charge in [-0.3, -0.25) is 0 Å². The van der Waals surface area contributed by atoms with Crippen LogP contribution in [0.3, 0.4) is 0 Å². The Morgan fingerprint density at radius 3 is 2.48 bits per heavy atom. The van der Waals surface area contributed by atoms with Crippen molar-refractivity contribution in [1.82, 2.24) is 9.97 Å². The maximum atomic E-state index is 5.90. The third-order valence-electron chi connectivity index (χ3n) is 3.62. The summed E-state index contributed by atoms with van der Waals surface area (Å²) in [5, 5.41) is 0. The molecule has 3 heteroatoms. The molecule has 116 valence electrons. The molecular formula is C20H20N2O. The quantitative estimate of drug-likeness (QED) is 0.691. The molecule has 0 fully saturated rings. The highest BCUT2D eigenvalue weighted by molar-refractivity contribution is 5.55. The fourth-order valence-electron chi connectivity index (χ4n) is 2.40. The number of ether oxygens (including phenoxy) is 1. The van der Waals surface area contributed by atoms with Crippen molar-refractivity contribution in [3.8, 4) is 17.3 Å². The molecule has 2 aromatic carbocycles. The van der Waals surface area contributed by atoms with Crippen molar-refractivity contribution in [2.24, 2.45) is 0 Å². The van der Waals surface area contributed by atoms with E-state index in [9.17, 15) is 0 Å². The molecule has 0 saturated heterocycles. The van der Waals surface area contributed by atoms with Crippen LogP contribution in [0.25, 0.3) is 11.4 Å². The zero-order valence-electron chi connectivity index (χ0n) is 13.5. The normalized spacial score (nSPS) is 10.5. The van der Waals surface area contributed by atoms with Gasteiger partial charge in [-0.15, -0.1) is 0 Å². The van der Waals surface area contributed by atoms with E-state index in [1.165, 1.54) is 5.56 Å². The van der Waals surface area contributed by atoms with E-state index in [4.69, 9.17) is 4.74 Å². The molecule has 3 nitrogen and oxygen atoms in total. The molecule has 0 unspecified atom stereocenters. The fraction of sp³-hybridized carbons (Fsp3) is 0.200. The molecule has 0 spiro atoms. The van der Waals surface area contributed by atoms with Crippen LogP contribution in [0.1, 0.15) is 23.7 Å². The minimum absolute atomic E-state index is 0.510. The standard InChI is InChI=1S/C20H20N2O/c1-3-18-13-19(23-14-16-9-7-8-15(2)12-16)22-20(21-18)17-10-5-4-6-11-17/h4-13H,3,14H2,1-2H3. The lowest BCUT2D eigenvalue weighted by Crippen LogP contribution is -2.02. The summed E-state index contributed by atoms with van der Waals surface area (Å²) in [7, 11) is 0. The number of hydrogen-bond acceptors (Lipinski definition) is 3. The highest BCUT2D eigenvalue weighted by Crippen LogP contribution is 2.20. The van der Waals surface area contributed by atoms with Crippen LogP contribution in [0.4, 0.5) is 0 Å². The predicted molar refractivity (Wildman–Crippen MR) is 92.4 cm³/mol. The molecule has 23 heavy (non-hydrogen) atoms. The number of nitrogens with zero attached hydrogens (tertiary/aromatic N) is 2. The van der Waals surface area contributed by atoms with Crippen LogP contribution in [0.2, 0.25) is 0 Å². The summed E-state index contributed by atoms with van der Waals surface area (Å²) in [6.07, 6.45) is 0.850. The number of aryl methyl sites for hydroxylation is 2. The van der Waals surface area contributed by atoms with Gasteiger partial charge in [0.1, 0.15) is 6.61 Å². The Labute approximate surface area is 137 Å². The summed E-state index contributed by atoms with van der Waals surface area (Å²) in [5.74, 6) is 1.33. The van der Waals surface area contributed by atoms with Crippen LogP contribution >= 0.6 is 0 Å². The molecular weight excluding hydrogens is 284 g/mol. The van der Waals surface area contributed by atoms with Gasteiger partial charge in [-0.1, -0.05) is 67.1 Å². The average molecular weight is 304 g/mol. The third kappa shape index (κ3) is 3.95. The summed E-state index contributed by atoms with van der Waals surface area (Å²) in [6, 6.07) is 20.2. The Bertz CT molecular complexity index is 785. The van der Waals surface area contributed by atoms with E-state index in [0.717, 1.165) is 23.2 Å². The first kappa shape index (κ1) is 15.2. The van der Waals surface area contributed by atoms with Crippen molar-refractivity contribution in [3.05, 3.63) is 77.5 Å². The largest absolute Gasteiger partial charge is 0.473 e. The van der Waals surface area contributed by atoms with Gasteiger partial charge >= 0.3 is 0 Å². The van der Waals surface area contributed by atoms with Crippen LogP contribution in [-0.4, -0.2) is 9.97 Å². The van der Waals surface area contributed by atoms with Crippen molar-refractivity contribution in [2.45, 2.75) is 26.9 Å². The lowest BCUT2D eigenvalue weighted by atomic mass is 10.1. The molecule has 0 N–H and O–H groups in total. The van der Waals surface area contributed by atoms with Crippen molar-refractivity contribution < 1.29 is 4.74 Å². The predicted octanol–water partition coefficient (Wildman–Crippen LogP) is 4.59. The lowest BCUT2D eigenvalue weighted by Gasteiger charge is -2.09. The topological polar surface area (TPSA) is 35.0 Å². The molecule has 0 aliphatic carbocycles. The molecule has 1 heterocycles. The maximum absolute atomic E-state index is 5.90. The molecule has 0 amide bonds. The van der Waals surface area contributed by atoms with Crippen LogP contribution in [0, 0.1) is 6.92 Å². The molecule has 0 atom stereocenters. The van der Waals surface area contributed by atoms with Crippen LogP contribution in [0.5, 0.6) is 5.88 Å². The van der Waals surface area contributed by atoms with Crippen LogP contribution < -0.4 is 4.74 Å². The first-order valence-corrected chi connectivity index (χ1v) is 7.86. The van der Waals surface area contributed by atoms with E-state index in [2.05, 4.69) is 42.0 Å². The monoisotopic (exact) mass is 304 g/mol. The van der Waals surface area contributed by atoms with Gasteiger partial charge in [0.2, 0.25) is 5.88 Å². The molecule has 3 aromatic rings. The van der Waals surface area contributed by atoms with E-state index >= 15 is 0 Å². The Kier molecular flexibility index (Phi) is 4.67. The van der Waals surface area contributed by atoms with Gasteiger partial charge in [-0.05, 0) is 18.9 Å². The van der Waals surface area contributed by atoms with Crippen molar-refractivity contribution >= 4 is 0 Å². The van der Waals surface area contributed by atoms with E-state index in [1.54, 1.807) is 0 Å². The minimum atomic E-state index is 0.510. The number of hydrogen-bond donors (Lipinski definition) is 0. The smallest absolute Gasteiger partial charge is 0.217 e.